The summed E-state index contributed by atoms with van der Waals surface area (Å²) in [5.74, 6) is 1.24. The van der Waals surface area contributed by atoms with Crippen molar-refractivity contribution in [1.82, 2.24) is 18.9 Å². The molecule has 8 heteroatoms. The molecule has 0 aliphatic rings. The number of hydrogen-bond donors (Lipinski definition) is 0. The molecule has 3 heterocycles. The first kappa shape index (κ1) is 18.8. The number of methoxy groups -OCH3 is 1. The number of nitrogens with zero attached hydrogens (tertiary/aromatic N) is 4. The van der Waals surface area contributed by atoms with Gasteiger partial charge in [-0.2, -0.15) is 4.98 Å². The summed E-state index contributed by atoms with van der Waals surface area (Å²) in [6.45, 7) is 4.05. The zero-order valence-electron chi connectivity index (χ0n) is 15.7. The molecule has 0 saturated carbocycles. The van der Waals surface area contributed by atoms with Gasteiger partial charge in [-0.05, 0) is 25.1 Å². The summed E-state index contributed by atoms with van der Waals surface area (Å²) < 4.78 is 8.76. The molecular formula is C20H18Cl2N4O2. The maximum Gasteiger partial charge on any atom is 0.277 e. The Morgan fingerprint density at radius 3 is 2.46 bits per heavy atom. The SMILES string of the molecule is CCc1nc(C)c2c(=O)n(Cc3c(Cl)cccc3Cl)c3ccc(OC)nc3n12. The molecule has 0 radical (unpaired) electrons. The summed E-state index contributed by atoms with van der Waals surface area (Å²) in [5, 5.41) is 1.02. The van der Waals surface area contributed by atoms with E-state index in [9.17, 15) is 4.79 Å². The maximum absolute atomic E-state index is 13.4. The van der Waals surface area contributed by atoms with Gasteiger partial charge in [0.15, 0.2) is 5.65 Å². The summed E-state index contributed by atoms with van der Waals surface area (Å²) in [6, 6.07) is 8.85. The number of ether oxygens (including phenoxy) is 1. The molecule has 0 unspecified atom stereocenters. The second-order valence-electron chi connectivity index (χ2n) is 6.44. The van der Waals surface area contributed by atoms with Gasteiger partial charge in [0.2, 0.25) is 5.88 Å². The van der Waals surface area contributed by atoms with Gasteiger partial charge in [-0.15, -0.1) is 0 Å². The van der Waals surface area contributed by atoms with E-state index in [0.717, 1.165) is 5.82 Å². The van der Waals surface area contributed by atoms with Crippen molar-refractivity contribution in [1.29, 1.82) is 0 Å². The van der Waals surface area contributed by atoms with E-state index in [4.69, 9.17) is 27.9 Å². The summed E-state index contributed by atoms with van der Waals surface area (Å²) in [7, 11) is 1.56. The minimum absolute atomic E-state index is 0.167. The third-order valence-corrected chi connectivity index (χ3v) is 5.51. The van der Waals surface area contributed by atoms with Crippen molar-refractivity contribution in [2.24, 2.45) is 0 Å². The zero-order chi connectivity index (χ0) is 20.0. The summed E-state index contributed by atoms with van der Waals surface area (Å²) in [4.78, 5) is 22.6. The number of aromatic nitrogens is 4. The number of aryl methyl sites for hydroxylation is 2. The normalized spacial score (nSPS) is 11.5. The minimum Gasteiger partial charge on any atom is -0.481 e. The van der Waals surface area contributed by atoms with Gasteiger partial charge >= 0.3 is 0 Å². The highest BCUT2D eigenvalue weighted by Crippen LogP contribution is 2.27. The number of benzene rings is 1. The van der Waals surface area contributed by atoms with Crippen LogP contribution in [0.4, 0.5) is 0 Å². The van der Waals surface area contributed by atoms with Crippen LogP contribution in [-0.2, 0) is 13.0 Å². The smallest absolute Gasteiger partial charge is 0.277 e. The van der Waals surface area contributed by atoms with Gasteiger partial charge in [0, 0.05) is 28.1 Å². The Morgan fingerprint density at radius 1 is 1.11 bits per heavy atom. The van der Waals surface area contributed by atoms with E-state index in [1.807, 2.05) is 24.3 Å². The fourth-order valence-corrected chi connectivity index (χ4v) is 3.97. The highest BCUT2D eigenvalue weighted by atomic mass is 35.5. The van der Waals surface area contributed by atoms with Crippen LogP contribution in [0.5, 0.6) is 5.88 Å². The largest absolute Gasteiger partial charge is 0.481 e. The molecule has 4 rings (SSSR count). The first-order valence-electron chi connectivity index (χ1n) is 8.84. The van der Waals surface area contributed by atoms with Crippen LogP contribution in [0.15, 0.2) is 35.1 Å². The molecule has 144 valence electrons. The molecule has 0 N–H and O–H groups in total. The number of pyridine rings is 1. The van der Waals surface area contributed by atoms with Crippen molar-refractivity contribution in [2.45, 2.75) is 26.8 Å². The Morgan fingerprint density at radius 2 is 1.82 bits per heavy atom. The fourth-order valence-electron chi connectivity index (χ4n) is 3.45. The van der Waals surface area contributed by atoms with Crippen molar-refractivity contribution >= 4 is 39.9 Å². The minimum atomic E-state index is -0.167. The Bertz CT molecular complexity index is 1260. The van der Waals surface area contributed by atoms with Gasteiger partial charge in [-0.3, -0.25) is 13.8 Å². The van der Waals surface area contributed by atoms with E-state index >= 15 is 0 Å². The van der Waals surface area contributed by atoms with Gasteiger partial charge in [0.25, 0.3) is 5.56 Å². The van der Waals surface area contributed by atoms with E-state index in [1.165, 1.54) is 0 Å². The molecule has 0 spiro atoms. The Labute approximate surface area is 171 Å². The van der Waals surface area contributed by atoms with Crippen molar-refractivity contribution in [3.05, 3.63) is 67.8 Å². The van der Waals surface area contributed by atoms with Crippen LogP contribution in [0.25, 0.3) is 16.7 Å². The van der Waals surface area contributed by atoms with Gasteiger partial charge in [0.05, 0.1) is 24.9 Å². The molecule has 1 aromatic carbocycles. The van der Waals surface area contributed by atoms with Crippen molar-refractivity contribution in [3.63, 3.8) is 0 Å². The van der Waals surface area contributed by atoms with Crippen LogP contribution in [0.3, 0.4) is 0 Å². The van der Waals surface area contributed by atoms with E-state index in [-0.39, 0.29) is 12.1 Å². The second-order valence-corrected chi connectivity index (χ2v) is 7.25. The lowest BCUT2D eigenvalue weighted by molar-refractivity contribution is 0.399. The molecule has 0 aliphatic carbocycles. The summed E-state index contributed by atoms with van der Waals surface area (Å²) in [6.07, 6.45) is 0.669. The third-order valence-electron chi connectivity index (χ3n) is 4.80. The van der Waals surface area contributed by atoms with Gasteiger partial charge in [-0.1, -0.05) is 36.2 Å². The van der Waals surface area contributed by atoms with Gasteiger partial charge < -0.3 is 4.74 Å². The van der Waals surface area contributed by atoms with E-state index in [2.05, 4.69) is 9.97 Å². The predicted molar refractivity (Wildman–Crippen MR) is 111 cm³/mol. The van der Waals surface area contributed by atoms with Crippen LogP contribution in [-0.4, -0.2) is 26.0 Å². The molecule has 4 aromatic rings. The first-order valence-corrected chi connectivity index (χ1v) is 9.60. The average molecular weight is 417 g/mol. The van der Waals surface area contributed by atoms with Crippen LogP contribution >= 0.6 is 23.2 Å². The number of fused-ring (bicyclic) bond motifs is 3. The predicted octanol–water partition coefficient (Wildman–Crippen LogP) is 4.28. The van der Waals surface area contributed by atoms with Crippen molar-refractivity contribution in [2.75, 3.05) is 7.11 Å². The first-order chi connectivity index (χ1) is 13.5. The lowest BCUT2D eigenvalue weighted by Gasteiger charge is -2.15. The van der Waals surface area contributed by atoms with Crippen molar-refractivity contribution < 1.29 is 4.74 Å². The zero-order valence-corrected chi connectivity index (χ0v) is 17.2. The van der Waals surface area contributed by atoms with Crippen LogP contribution < -0.4 is 10.3 Å². The molecule has 3 aromatic heterocycles. The Balaban J connectivity index is 2.12. The molecule has 28 heavy (non-hydrogen) atoms. The fraction of sp³-hybridized carbons (Fsp3) is 0.250. The molecule has 0 amide bonds. The van der Waals surface area contributed by atoms with E-state index in [0.29, 0.717) is 50.3 Å². The average Bonchev–Trinajstić information content (AvgIpc) is 3.03. The molecule has 6 nitrogen and oxygen atoms in total. The van der Waals surface area contributed by atoms with E-state index in [1.54, 1.807) is 35.9 Å². The van der Waals surface area contributed by atoms with Crippen LogP contribution in [0, 0.1) is 6.92 Å². The molecule has 0 fully saturated rings. The third kappa shape index (κ3) is 2.84. The van der Waals surface area contributed by atoms with Gasteiger partial charge in [-0.25, -0.2) is 4.98 Å². The lowest BCUT2D eigenvalue weighted by atomic mass is 10.2. The molecular weight excluding hydrogens is 399 g/mol. The monoisotopic (exact) mass is 416 g/mol. The molecule has 0 saturated heterocycles. The maximum atomic E-state index is 13.4. The van der Waals surface area contributed by atoms with Crippen LogP contribution in [0.2, 0.25) is 10.0 Å². The topological polar surface area (TPSA) is 61.4 Å². The highest BCUT2D eigenvalue weighted by molar-refractivity contribution is 6.36. The quantitative estimate of drug-likeness (QED) is 0.497. The van der Waals surface area contributed by atoms with Crippen LogP contribution in [0.1, 0.15) is 24.0 Å². The number of hydrogen-bond acceptors (Lipinski definition) is 4. The second kappa shape index (κ2) is 7.11. The number of imidazole rings is 1. The highest BCUT2D eigenvalue weighted by Gasteiger charge is 2.20. The van der Waals surface area contributed by atoms with E-state index < -0.39 is 0 Å². The molecule has 0 aliphatic heterocycles. The Hall–Kier alpha value is -2.57. The molecule has 0 bridgehead atoms. The Kier molecular flexibility index (Phi) is 4.77. The van der Waals surface area contributed by atoms with Crippen molar-refractivity contribution in [3.8, 4) is 5.88 Å². The number of halogens is 2. The summed E-state index contributed by atoms with van der Waals surface area (Å²) >= 11 is 12.7. The summed E-state index contributed by atoms with van der Waals surface area (Å²) in [5.41, 5.74) is 2.93. The molecule has 0 atom stereocenters. The number of rotatable bonds is 4. The standard InChI is InChI=1S/C20H18Cl2N4O2/c1-4-16-23-11(2)18-20(27)25(10-12-13(21)6-5-7-14(12)22)15-8-9-17(28-3)24-19(15)26(16)18/h5-9H,4,10H2,1-3H3. The van der Waals surface area contributed by atoms with Gasteiger partial charge in [0.1, 0.15) is 11.3 Å². The lowest BCUT2D eigenvalue weighted by Crippen LogP contribution is -2.25.